The first-order chi connectivity index (χ1) is 8.53. The Hall–Kier alpha value is -0.950. The van der Waals surface area contributed by atoms with Gasteiger partial charge in [-0.05, 0) is 0 Å². The van der Waals surface area contributed by atoms with Crippen molar-refractivity contribution in [3.63, 3.8) is 0 Å². The Morgan fingerprint density at radius 3 is 2.53 bits per heavy atom. The van der Waals surface area contributed by atoms with Crippen molar-refractivity contribution >= 4 is 38.6 Å². The molecular formula is C6H4ClF3N2O5S2. The second-order valence-corrected chi connectivity index (χ2v) is 6.50. The Morgan fingerprint density at radius 1 is 1.53 bits per heavy atom. The fourth-order valence-electron chi connectivity index (χ4n) is 0.825. The average Bonchev–Trinajstić information content (AvgIpc) is 2.58. The van der Waals surface area contributed by atoms with Crippen LogP contribution >= 0.6 is 22.9 Å². The maximum Gasteiger partial charge on any atom is 0.413 e. The molecule has 0 aliphatic carbocycles. The van der Waals surface area contributed by atoms with Crippen LogP contribution in [0.2, 0.25) is 4.34 Å². The maximum absolute atomic E-state index is 11.7. The molecule has 1 heterocycles. The molecule has 1 N–H and O–H groups in total. The van der Waals surface area contributed by atoms with Crippen LogP contribution in [-0.4, -0.2) is 26.1 Å². The minimum atomic E-state index is -4.72. The second-order valence-electron chi connectivity index (χ2n) is 2.97. The molecular weight excluding hydrogens is 337 g/mol. The zero-order valence-electron chi connectivity index (χ0n) is 8.60. The van der Waals surface area contributed by atoms with E-state index in [0.29, 0.717) is 17.4 Å². The largest absolute Gasteiger partial charge is 0.413 e. The van der Waals surface area contributed by atoms with Crippen LogP contribution in [0.1, 0.15) is 0 Å². The highest BCUT2D eigenvalue weighted by atomic mass is 35.5. The van der Waals surface area contributed by atoms with Crippen LogP contribution in [0.15, 0.2) is 10.3 Å². The summed E-state index contributed by atoms with van der Waals surface area (Å²) in [5, 5.41) is 10.4. The summed E-state index contributed by atoms with van der Waals surface area (Å²) < 4.78 is 57.0. The van der Waals surface area contributed by atoms with Crippen molar-refractivity contribution in [1.82, 2.24) is 4.89 Å². The van der Waals surface area contributed by atoms with Gasteiger partial charge in [0.25, 0.3) is 15.7 Å². The molecule has 1 rings (SSSR count). The fraction of sp³-hybridized carbons (Fsp3) is 0.333. The van der Waals surface area contributed by atoms with E-state index in [2.05, 4.69) is 4.84 Å². The SMILES string of the molecule is O=[N+]([O-])c1cc(S(=O)(=O)NOCC(F)(F)F)sc1Cl. The first-order valence-corrected chi connectivity index (χ1v) is 6.85. The van der Waals surface area contributed by atoms with Gasteiger partial charge in [0.15, 0.2) is 10.9 Å². The number of nitro groups is 1. The van der Waals surface area contributed by atoms with E-state index in [9.17, 15) is 31.7 Å². The summed E-state index contributed by atoms with van der Waals surface area (Å²) in [6, 6.07) is 0.617. The van der Waals surface area contributed by atoms with Gasteiger partial charge in [0, 0.05) is 6.07 Å². The van der Waals surface area contributed by atoms with Crippen LogP contribution in [0.5, 0.6) is 0 Å². The predicted molar refractivity (Wildman–Crippen MR) is 58.3 cm³/mol. The molecule has 0 saturated heterocycles. The second kappa shape index (κ2) is 5.58. The number of halogens is 4. The lowest BCUT2D eigenvalue weighted by atomic mass is 10.6. The van der Waals surface area contributed by atoms with E-state index in [1.165, 1.54) is 4.89 Å². The summed E-state index contributed by atoms with van der Waals surface area (Å²) in [4.78, 5) is 14.5. The monoisotopic (exact) mass is 340 g/mol. The number of nitrogens with zero attached hydrogens (tertiary/aromatic N) is 1. The Bertz CT molecular complexity index is 584. The summed E-state index contributed by atoms with van der Waals surface area (Å²) in [5.41, 5.74) is -0.664. The smallest absolute Gasteiger partial charge is 0.277 e. The van der Waals surface area contributed by atoms with E-state index in [-0.39, 0.29) is 0 Å². The lowest BCUT2D eigenvalue weighted by Crippen LogP contribution is -2.29. The summed E-state index contributed by atoms with van der Waals surface area (Å²) >= 11 is 5.74. The predicted octanol–water partition coefficient (Wildman–Crippen LogP) is 2.08. The van der Waals surface area contributed by atoms with Crippen molar-refractivity contribution in [3.8, 4) is 0 Å². The van der Waals surface area contributed by atoms with E-state index in [1.54, 1.807) is 0 Å². The van der Waals surface area contributed by atoms with Gasteiger partial charge in [-0.1, -0.05) is 16.5 Å². The van der Waals surface area contributed by atoms with Gasteiger partial charge in [-0.2, -0.15) is 13.2 Å². The van der Waals surface area contributed by atoms with Gasteiger partial charge in [-0.15, -0.1) is 11.3 Å². The quantitative estimate of drug-likeness (QED) is 0.653. The molecule has 0 bridgehead atoms. The lowest BCUT2D eigenvalue weighted by Gasteiger charge is -2.07. The van der Waals surface area contributed by atoms with Crippen LogP contribution in [0.3, 0.4) is 0 Å². The topological polar surface area (TPSA) is 98.5 Å². The average molecular weight is 341 g/mol. The lowest BCUT2D eigenvalue weighted by molar-refractivity contribution is -0.384. The zero-order valence-corrected chi connectivity index (χ0v) is 11.0. The number of rotatable bonds is 5. The number of hydrogen-bond donors (Lipinski definition) is 1. The Balaban J connectivity index is 2.84. The first kappa shape index (κ1) is 16.1. The third-order valence-corrected chi connectivity index (χ3v) is 4.54. The molecule has 0 amide bonds. The Morgan fingerprint density at radius 2 is 2.11 bits per heavy atom. The van der Waals surface area contributed by atoms with E-state index in [1.807, 2.05) is 0 Å². The zero-order chi connectivity index (χ0) is 14.8. The van der Waals surface area contributed by atoms with Gasteiger partial charge in [0.1, 0.15) is 4.21 Å². The molecule has 7 nitrogen and oxygen atoms in total. The highest BCUT2D eigenvalue weighted by Crippen LogP contribution is 2.36. The van der Waals surface area contributed by atoms with Crippen molar-refractivity contribution in [2.45, 2.75) is 10.4 Å². The van der Waals surface area contributed by atoms with Gasteiger partial charge in [-0.3, -0.25) is 15.0 Å². The van der Waals surface area contributed by atoms with Crippen LogP contribution in [-0.2, 0) is 14.9 Å². The minimum Gasteiger partial charge on any atom is -0.277 e. The molecule has 0 unspecified atom stereocenters. The number of thiophene rings is 1. The summed E-state index contributed by atoms with van der Waals surface area (Å²) in [7, 11) is -4.46. The molecule has 1 aromatic rings. The van der Waals surface area contributed by atoms with Crippen molar-refractivity contribution in [1.29, 1.82) is 0 Å². The van der Waals surface area contributed by atoms with Gasteiger partial charge >= 0.3 is 6.18 Å². The molecule has 19 heavy (non-hydrogen) atoms. The minimum absolute atomic E-state index is 0.320. The molecule has 0 saturated carbocycles. The highest BCUT2D eigenvalue weighted by molar-refractivity contribution is 7.91. The number of sulfonamides is 1. The van der Waals surface area contributed by atoms with Crippen LogP contribution < -0.4 is 4.89 Å². The van der Waals surface area contributed by atoms with E-state index in [4.69, 9.17) is 11.6 Å². The summed E-state index contributed by atoms with van der Waals surface area (Å²) in [5.74, 6) is 0. The molecule has 0 aromatic carbocycles. The van der Waals surface area contributed by atoms with Gasteiger partial charge in [-0.25, -0.2) is 8.42 Å². The number of hydrogen-bond acceptors (Lipinski definition) is 6. The van der Waals surface area contributed by atoms with Crippen LogP contribution in [0, 0.1) is 10.1 Å². The summed E-state index contributed by atoms with van der Waals surface area (Å²) in [6.45, 7) is -1.84. The van der Waals surface area contributed by atoms with Crippen molar-refractivity contribution in [2.75, 3.05) is 6.61 Å². The van der Waals surface area contributed by atoms with Crippen LogP contribution in [0.4, 0.5) is 18.9 Å². The third kappa shape index (κ3) is 4.58. The third-order valence-electron chi connectivity index (χ3n) is 1.51. The Labute approximate surface area is 113 Å². The van der Waals surface area contributed by atoms with Crippen molar-refractivity contribution in [3.05, 3.63) is 20.5 Å². The molecule has 0 fully saturated rings. The van der Waals surface area contributed by atoms with Crippen LogP contribution in [0.25, 0.3) is 0 Å². The molecule has 0 atom stereocenters. The fourth-order valence-corrected chi connectivity index (χ4v) is 3.27. The van der Waals surface area contributed by atoms with Gasteiger partial charge in [0.05, 0.1) is 4.92 Å². The molecule has 1 aromatic heterocycles. The standard InChI is InChI=1S/C6H4ClF3N2O5S2/c7-5-3(12(13)14)1-4(18-5)19(15,16)11-17-2-6(8,9)10/h1,11H,2H2. The number of alkyl halides is 3. The van der Waals surface area contributed by atoms with E-state index < -0.39 is 42.0 Å². The van der Waals surface area contributed by atoms with E-state index >= 15 is 0 Å². The molecule has 13 heteroatoms. The first-order valence-electron chi connectivity index (χ1n) is 4.17. The van der Waals surface area contributed by atoms with Gasteiger partial charge < -0.3 is 0 Å². The van der Waals surface area contributed by atoms with Crippen molar-refractivity contribution in [2.24, 2.45) is 0 Å². The maximum atomic E-state index is 11.7. The van der Waals surface area contributed by atoms with E-state index in [0.717, 1.165) is 0 Å². The molecule has 0 aliphatic heterocycles. The molecule has 0 radical (unpaired) electrons. The molecule has 108 valence electrons. The van der Waals surface area contributed by atoms with Gasteiger partial charge in [0.2, 0.25) is 0 Å². The van der Waals surface area contributed by atoms with Crippen molar-refractivity contribution < 1.29 is 31.3 Å². The Kier molecular flexibility index (Phi) is 4.73. The normalized spacial score (nSPS) is 12.6. The molecule has 0 spiro atoms. The molecule has 0 aliphatic rings. The number of nitrogens with one attached hydrogen (secondary N) is 1. The highest BCUT2D eigenvalue weighted by Gasteiger charge is 2.30. The summed E-state index contributed by atoms with van der Waals surface area (Å²) in [6.07, 6.45) is -4.72.